The van der Waals surface area contributed by atoms with Crippen LogP contribution in [-0.2, 0) is 16.6 Å². The van der Waals surface area contributed by atoms with Crippen LogP contribution in [0.25, 0.3) is 0 Å². The molecule has 2 aromatic rings. The predicted octanol–water partition coefficient (Wildman–Crippen LogP) is 1.59. The van der Waals surface area contributed by atoms with Gasteiger partial charge in [-0.25, -0.2) is 8.42 Å². The Labute approximate surface area is 134 Å². The maximum absolute atomic E-state index is 12.0. The molecule has 0 radical (unpaired) electrons. The molecule has 3 rings (SSSR count). The van der Waals surface area contributed by atoms with Crippen molar-refractivity contribution in [3.05, 3.63) is 47.3 Å². The molecule has 0 spiro atoms. The van der Waals surface area contributed by atoms with Crippen molar-refractivity contribution in [1.29, 1.82) is 0 Å². The molecule has 23 heavy (non-hydrogen) atoms. The number of amides is 1. The standard InChI is InChI=1S/C15H18N4O3S/c1-23(21,22)19-12-6-2-10(3-7-12)9-16-15(20)14-8-13(17-18-14)11-4-5-11/h2-3,6-8,11,19H,4-5,9H2,1H3,(H,16,20)(H,17,18). The molecule has 1 heterocycles. The summed E-state index contributed by atoms with van der Waals surface area (Å²) >= 11 is 0. The van der Waals surface area contributed by atoms with Crippen molar-refractivity contribution in [3.8, 4) is 0 Å². The van der Waals surface area contributed by atoms with E-state index in [1.54, 1.807) is 30.3 Å². The fourth-order valence-corrected chi connectivity index (χ4v) is 2.80. The fourth-order valence-electron chi connectivity index (χ4n) is 2.23. The largest absolute Gasteiger partial charge is 0.347 e. The maximum atomic E-state index is 12.0. The van der Waals surface area contributed by atoms with Crippen LogP contribution in [0.2, 0.25) is 0 Å². The minimum atomic E-state index is -3.28. The molecular weight excluding hydrogens is 316 g/mol. The Morgan fingerprint density at radius 2 is 2.00 bits per heavy atom. The first-order valence-corrected chi connectivity index (χ1v) is 9.20. The molecule has 0 atom stereocenters. The number of carbonyl (C=O) groups is 1. The van der Waals surface area contributed by atoms with Crippen molar-refractivity contribution < 1.29 is 13.2 Å². The van der Waals surface area contributed by atoms with Gasteiger partial charge < -0.3 is 5.32 Å². The highest BCUT2D eigenvalue weighted by Gasteiger charge is 2.26. The van der Waals surface area contributed by atoms with Crippen molar-refractivity contribution in [2.24, 2.45) is 0 Å². The molecule has 0 bridgehead atoms. The Hall–Kier alpha value is -2.35. The molecule has 0 aliphatic heterocycles. The van der Waals surface area contributed by atoms with E-state index in [4.69, 9.17) is 0 Å². The van der Waals surface area contributed by atoms with Crippen LogP contribution in [0.15, 0.2) is 30.3 Å². The number of aromatic amines is 1. The van der Waals surface area contributed by atoms with Crippen LogP contribution in [0.1, 0.15) is 40.5 Å². The van der Waals surface area contributed by atoms with Crippen molar-refractivity contribution in [1.82, 2.24) is 15.5 Å². The third-order valence-electron chi connectivity index (χ3n) is 3.56. The summed E-state index contributed by atoms with van der Waals surface area (Å²) in [7, 11) is -3.28. The summed E-state index contributed by atoms with van der Waals surface area (Å²) in [6.07, 6.45) is 3.40. The quantitative estimate of drug-likeness (QED) is 0.746. The zero-order valence-corrected chi connectivity index (χ0v) is 13.5. The van der Waals surface area contributed by atoms with Gasteiger partial charge in [-0.2, -0.15) is 5.10 Å². The Bertz CT molecular complexity index is 808. The van der Waals surface area contributed by atoms with E-state index in [-0.39, 0.29) is 5.91 Å². The number of nitrogens with zero attached hydrogens (tertiary/aromatic N) is 1. The monoisotopic (exact) mass is 334 g/mol. The van der Waals surface area contributed by atoms with E-state index in [1.165, 1.54) is 0 Å². The first kappa shape index (κ1) is 15.5. The average molecular weight is 334 g/mol. The second-order valence-corrected chi connectivity index (χ2v) is 7.49. The van der Waals surface area contributed by atoms with Gasteiger partial charge in [0.15, 0.2) is 0 Å². The second kappa shape index (κ2) is 6.04. The number of carbonyl (C=O) groups excluding carboxylic acids is 1. The number of hydrogen-bond donors (Lipinski definition) is 3. The molecule has 1 amide bonds. The molecule has 0 unspecified atom stereocenters. The fraction of sp³-hybridized carbons (Fsp3) is 0.333. The first-order valence-electron chi connectivity index (χ1n) is 7.31. The number of sulfonamides is 1. The van der Waals surface area contributed by atoms with Gasteiger partial charge in [-0.05, 0) is 36.6 Å². The summed E-state index contributed by atoms with van der Waals surface area (Å²) in [5.41, 5.74) is 2.77. The molecule has 1 fully saturated rings. The summed E-state index contributed by atoms with van der Waals surface area (Å²) in [4.78, 5) is 12.0. The molecule has 3 N–H and O–H groups in total. The SMILES string of the molecule is CS(=O)(=O)Nc1ccc(CNC(=O)c2cc(C3CC3)[nH]n2)cc1. The Kier molecular flexibility index (Phi) is 4.08. The summed E-state index contributed by atoms with van der Waals surface area (Å²) in [6.45, 7) is 0.351. The van der Waals surface area contributed by atoms with Crippen molar-refractivity contribution in [3.63, 3.8) is 0 Å². The molecule has 1 aliphatic carbocycles. The Balaban J connectivity index is 1.55. The minimum absolute atomic E-state index is 0.230. The highest BCUT2D eigenvalue weighted by atomic mass is 32.2. The van der Waals surface area contributed by atoms with Gasteiger partial charge in [0.25, 0.3) is 5.91 Å². The van der Waals surface area contributed by atoms with Crippen LogP contribution in [-0.4, -0.2) is 30.8 Å². The first-order chi connectivity index (χ1) is 10.9. The number of benzene rings is 1. The van der Waals surface area contributed by atoms with E-state index in [0.717, 1.165) is 30.4 Å². The third-order valence-corrected chi connectivity index (χ3v) is 4.16. The van der Waals surface area contributed by atoms with Crippen molar-refractivity contribution in [2.75, 3.05) is 11.0 Å². The highest BCUT2D eigenvalue weighted by molar-refractivity contribution is 7.92. The summed E-state index contributed by atoms with van der Waals surface area (Å²) < 4.78 is 24.7. The van der Waals surface area contributed by atoms with Gasteiger partial charge in [0.05, 0.1) is 6.26 Å². The second-order valence-electron chi connectivity index (χ2n) is 5.74. The number of aromatic nitrogens is 2. The summed E-state index contributed by atoms with van der Waals surface area (Å²) in [5.74, 6) is 0.297. The van der Waals surface area contributed by atoms with Gasteiger partial charge >= 0.3 is 0 Å². The number of hydrogen-bond acceptors (Lipinski definition) is 4. The average Bonchev–Trinajstić information content (AvgIpc) is 3.22. The van der Waals surface area contributed by atoms with E-state index < -0.39 is 10.0 Å². The van der Waals surface area contributed by atoms with E-state index >= 15 is 0 Å². The molecule has 0 saturated heterocycles. The highest BCUT2D eigenvalue weighted by Crippen LogP contribution is 2.38. The lowest BCUT2D eigenvalue weighted by molar-refractivity contribution is 0.0946. The normalized spacial score (nSPS) is 14.5. The molecule has 1 aliphatic rings. The van der Waals surface area contributed by atoms with E-state index in [1.807, 2.05) is 0 Å². The predicted molar refractivity (Wildman–Crippen MR) is 86.6 cm³/mol. The summed E-state index contributed by atoms with van der Waals surface area (Å²) in [5, 5.41) is 9.73. The van der Waals surface area contributed by atoms with Crippen LogP contribution < -0.4 is 10.0 Å². The summed E-state index contributed by atoms with van der Waals surface area (Å²) in [6, 6.07) is 8.62. The maximum Gasteiger partial charge on any atom is 0.272 e. The number of H-pyrrole nitrogens is 1. The molecule has 1 aromatic carbocycles. The van der Waals surface area contributed by atoms with Crippen LogP contribution in [0, 0.1) is 0 Å². The Morgan fingerprint density at radius 3 is 2.61 bits per heavy atom. The van der Waals surface area contributed by atoms with Gasteiger partial charge in [0, 0.05) is 23.8 Å². The van der Waals surface area contributed by atoms with Crippen LogP contribution >= 0.6 is 0 Å². The van der Waals surface area contributed by atoms with Gasteiger partial charge in [-0.15, -0.1) is 0 Å². The zero-order valence-electron chi connectivity index (χ0n) is 12.7. The molecule has 1 saturated carbocycles. The van der Waals surface area contributed by atoms with Crippen molar-refractivity contribution in [2.45, 2.75) is 25.3 Å². The van der Waals surface area contributed by atoms with Gasteiger partial charge in [0.1, 0.15) is 5.69 Å². The number of nitrogens with one attached hydrogen (secondary N) is 3. The van der Waals surface area contributed by atoms with Gasteiger partial charge in [-0.1, -0.05) is 12.1 Å². The number of anilines is 1. The minimum Gasteiger partial charge on any atom is -0.347 e. The van der Waals surface area contributed by atoms with Gasteiger partial charge in [0.2, 0.25) is 10.0 Å². The molecule has 122 valence electrons. The molecular formula is C15H18N4O3S. The lowest BCUT2D eigenvalue weighted by atomic mass is 10.2. The molecule has 8 heteroatoms. The van der Waals surface area contributed by atoms with E-state index in [2.05, 4.69) is 20.2 Å². The molecule has 7 nitrogen and oxygen atoms in total. The Morgan fingerprint density at radius 1 is 1.30 bits per heavy atom. The zero-order chi connectivity index (χ0) is 16.4. The lowest BCUT2D eigenvalue weighted by Crippen LogP contribution is -2.23. The third kappa shape index (κ3) is 4.32. The van der Waals surface area contributed by atoms with Crippen LogP contribution in [0.3, 0.4) is 0 Å². The number of rotatable bonds is 6. The van der Waals surface area contributed by atoms with Crippen LogP contribution in [0.5, 0.6) is 0 Å². The topological polar surface area (TPSA) is 104 Å². The molecule has 1 aromatic heterocycles. The van der Waals surface area contributed by atoms with E-state index in [0.29, 0.717) is 23.8 Å². The van der Waals surface area contributed by atoms with Crippen LogP contribution in [0.4, 0.5) is 5.69 Å². The van der Waals surface area contributed by atoms with Crippen molar-refractivity contribution >= 4 is 21.6 Å². The lowest BCUT2D eigenvalue weighted by Gasteiger charge is -2.06. The van der Waals surface area contributed by atoms with Gasteiger partial charge in [-0.3, -0.25) is 14.6 Å². The smallest absolute Gasteiger partial charge is 0.272 e. The van der Waals surface area contributed by atoms with E-state index in [9.17, 15) is 13.2 Å².